The molecule has 2 amide bonds. The lowest BCUT2D eigenvalue weighted by Gasteiger charge is -2.30. The minimum Gasteiger partial charge on any atom is -0.461 e. The first-order valence-electron chi connectivity index (χ1n) is 10.8. The number of aryl methyl sites for hydroxylation is 1. The van der Waals surface area contributed by atoms with Crippen LogP contribution in [0, 0.1) is 5.92 Å². The molecule has 164 valence electrons. The summed E-state index contributed by atoms with van der Waals surface area (Å²) in [6.45, 7) is 5.29. The quantitative estimate of drug-likeness (QED) is 0.687. The fraction of sp³-hybridized carbons (Fsp3) is 0.478. The summed E-state index contributed by atoms with van der Waals surface area (Å²) in [6.07, 6.45) is 0.802. The van der Waals surface area contributed by atoms with Crippen molar-refractivity contribution in [3.05, 3.63) is 52.8 Å². The van der Waals surface area contributed by atoms with Gasteiger partial charge in [-0.1, -0.05) is 30.3 Å². The number of esters is 1. The van der Waals surface area contributed by atoms with Gasteiger partial charge in [-0.2, -0.15) is 5.10 Å². The number of carbonyl (C=O) groups excluding carboxylic acids is 3. The number of benzene rings is 1. The van der Waals surface area contributed by atoms with E-state index in [1.165, 1.54) is 0 Å². The Morgan fingerprint density at radius 3 is 2.71 bits per heavy atom. The molecule has 2 unspecified atom stereocenters. The normalized spacial score (nSPS) is 19.3. The second-order valence-corrected chi connectivity index (χ2v) is 8.16. The molecule has 3 heterocycles. The SMILES string of the molecule is CCOC(=O)c1c2c(nn1C)CCN(C(=O)C1CC(=O)N(C(C)c3ccccc3)C1)C2. The van der Waals surface area contributed by atoms with E-state index in [4.69, 9.17) is 4.74 Å². The number of carbonyl (C=O) groups is 3. The van der Waals surface area contributed by atoms with Gasteiger partial charge in [-0.15, -0.1) is 0 Å². The Hall–Kier alpha value is -3.16. The molecule has 8 heteroatoms. The summed E-state index contributed by atoms with van der Waals surface area (Å²) in [7, 11) is 1.72. The number of amides is 2. The van der Waals surface area contributed by atoms with Crippen LogP contribution in [0.3, 0.4) is 0 Å². The van der Waals surface area contributed by atoms with Gasteiger partial charge in [-0.25, -0.2) is 4.79 Å². The van der Waals surface area contributed by atoms with Gasteiger partial charge in [-0.3, -0.25) is 14.3 Å². The van der Waals surface area contributed by atoms with E-state index in [1.54, 1.807) is 28.5 Å². The van der Waals surface area contributed by atoms with Crippen molar-refractivity contribution in [1.29, 1.82) is 0 Å². The average molecular weight is 425 g/mol. The zero-order valence-corrected chi connectivity index (χ0v) is 18.2. The van der Waals surface area contributed by atoms with Crippen LogP contribution in [0.15, 0.2) is 30.3 Å². The monoisotopic (exact) mass is 424 g/mol. The second kappa shape index (κ2) is 8.53. The predicted octanol–water partition coefficient (Wildman–Crippen LogP) is 2.09. The van der Waals surface area contributed by atoms with Crippen LogP contribution in [-0.2, 0) is 34.3 Å². The topological polar surface area (TPSA) is 84.7 Å². The molecule has 0 spiro atoms. The summed E-state index contributed by atoms with van der Waals surface area (Å²) in [4.78, 5) is 41.9. The fourth-order valence-corrected chi connectivity index (χ4v) is 4.59. The van der Waals surface area contributed by atoms with E-state index in [9.17, 15) is 14.4 Å². The summed E-state index contributed by atoms with van der Waals surface area (Å²) >= 11 is 0. The zero-order chi connectivity index (χ0) is 22.1. The Labute approximate surface area is 181 Å². The van der Waals surface area contributed by atoms with Crippen molar-refractivity contribution in [3.63, 3.8) is 0 Å². The van der Waals surface area contributed by atoms with Crippen molar-refractivity contribution in [2.24, 2.45) is 13.0 Å². The number of ether oxygens (including phenoxy) is 1. The molecule has 0 saturated carbocycles. The predicted molar refractivity (Wildman–Crippen MR) is 113 cm³/mol. The average Bonchev–Trinajstić information content (AvgIpc) is 3.32. The maximum Gasteiger partial charge on any atom is 0.356 e. The van der Waals surface area contributed by atoms with E-state index >= 15 is 0 Å². The molecular formula is C23H28N4O4. The molecule has 1 fully saturated rings. The highest BCUT2D eigenvalue weighted by Gasteiger charge is 2.40. The fourth-order valence-electron chi connectivity index (χ4n) is 4.59. The first-order valence-corrected chi connectivity index (χ1v) is 10.8. The van der Waals surface area contributed by atoms with E-state index in [0.717, 1.165) is 16.8 Å². The molecule has 0 bridgehead atoms. The smallest absolute Gasteiger partial charge is 0.356 e. The zero-order valence-electron chi connectivity index (χ0n) is 18.2. The third-order valence-corrected chi connectivity index (χ3v) is 6.23. The number of rotatable bonds is 5. The van der Waals surface area contributed by atoms with Crippen molar-refractivity contribution in [2.45, 2.75) is 39.3 Å². The van der Waals surface area contributed by atoms with Crippen molar-refractivity contribution in [1.82, 2.24) is 19.6 Å². The highest BCUT2D eigenvalue weighted by Crippen LogP contribution is 2.31. The highest BCUT2D eigenvalue weighted by atomic mass is 16.5. The Balaban J connectivity index is 1.48. The standard InChI is InChI=1S/C23H28N4O4/c1-4-31-23(30)21-18-14-26(11-10-19(18)24-25(21)3)22(29)17-12-20(28)27(13-17)15(2)16-8-6-5-7-9-16/h5-9,15,17H,4,10-14H2,1-3H3. The second-order valence-electron chi connectivity index (χ2n) is 8.16. The number of fused-ring (bicyclic) bond motifs is 1. The highest BCUT2D eigenvalue weighted by molar-refractivity contribution is 5.91. The van der Waals surface area contributed by atoms with Crippen LogP contribution in [0.4, 0.5) is 0 Å². The van der Waals surface area contributed by atoms with E-state index in [2.05, 4.69) is 5.10 Å². The Kier molecular flexibility index (Phi) is 5.80. The first-order chi connectivity index (χ1) is 14.9. The van der Waals surface area contributed by atoms with Gasteiger partial charge in [0, 0.05) is 45.1 Å². The number of nitrogens with zero attached hydrogens (tertiary/aromatic N) is 4. The lowest BCUT2D eigenvalue weighted by atomic mass is 10.0. The molecule has 1 saturated heterocycles. The van der Waals surface area contributed by atoms with Gasteiger partial charge >= 0.3 is 5.97 Å². The van der Waals surface area contributed by atoms with E-state index in [0.29, 0.717) is 31.7 Å². The van der Waals surface area contributed by atoms with Gasteiger partial charge in [0.1, 0.15) is 0 Å². The number of likely N-dealkylation sites (tertiary alicyclic amines) is 1. The van der Waals surface area contributed by atoms with Crippen LogP contribution in [0.1, 0.15) is 53.6 Å². The van der Waals surface area contributed by atoms with Crippen LogP contribution in [0.25, 0.3) is 0 Å². The van der Waals surface area contributed by atoms with E-state index < -0.39 is 5.97 Å². The summed E-state index contributed by atoms with van der Waals surface area (Å²) in [5.41, 5.74) is 3.04. The molecule has 8 nitrogen and oxygen atoms in total. The summed E-state index contributed by atoms with van der Waals surface area (Å²) in [6, 6.07) is 9.78. The lowest BCUT2D eigenvalue weighted by Crippen LogP contribution is -2.41. The van der Waals surface area contributed by atoms with Gasteiger partial charge in [-0.05, 0) is 19.4 Å². The van der Waals surface area contributed by atoms with Crippen LogP contribution in [0.2, 0.25) is 0 Å². The van der Waals surface area contributed by atoms with Gasteiger partial charge < -0.3 is 14.5 Å². The maximum absolute atomic E-state index is 13.3. The summed E-state index contributed by atoms with van der Waals surface area (Å²) in [5.74, 6) is -0.837. The minimum atomic E-state index is -0.424. The van der Waals surface area contributed by atoms with Crippen molar-refractivity contribution in [3.8, 4) is 0 Å². The molecule has 2 atom stereocenters. The summed E-state index contributed by atoms with van der Waals surface area (Å²) < 4.78 is 6.71. The molecule has 1 aromatic carbocycles. The summed E-state index contributed by atoms with van der Waals surface area (Å²) in [5, 5.41) is 4.44. The Morgan fingerprint density at radius 2 is 2.00 bits per heavy atom. The van der Waals surface area contributed by atoms with Gasteiger partial charge in [0.05, 0.1) is 24.3 Å². The Morgan fingerprint density at radius 1 is 1.26 bits per heavy atom. The maximum atomic E-state index is 13.3. The molecule has 0 radical (unpaired) electrons. The number of aromatic nitrogens is 2. The van der Waals surface area contributed by atoms with Gasteiger partial charge in [0.25, 0.3) is 0 Å². The third-order valence-electron chi connectivity index (χ3n) is 6.23. The number of hydrogen-bond acceptors (Lipinski definition) is 5. The van der Waals surface area contributed by atoms with Crippen LogP contribution in [-0.4, -0.2) is 57.1 Å². The van der Waals surface area contributed by atoms with Crippen molar-refractivity contribution in [2.75, 3.05) is 19.7 Å². The molecule has 2 aliphatic rings. The van der Waals surface area contributed by atoms with Gasteiger partial charge in [0.15, 0.2) is 5.69 Å². The van der Waals surface area contributed by atoms with Crippen molar-refractivity contribution >= 4 is 17.8 Å². The lowest BCUT2D eigenvalue weighted by molar-refractivity contribution is -0.136. The van der Waals surface area contributed by atoms with Crippen LogP contribution in [0.5, 0.6) is 0 Å². The molecule has 2 aliphatic heterocycles. The first kappa shape index (κ1) is 21.1. The molecule has 4 rings (SSSR count). The van der Waals surface area contributed by atoms with E-state index in [-0.39, 0.29) is 36.8 Å². The Bertz CT molecular complexity index is 1000. The van der Waals surface area contributed by atoms with Crippen molar-refractivity contribution < 1.29 is 19.1 Å². The molecular weight excluding hydrogens is 396 g/mol. The molecule has 0 N–H and O–H groups in total. The molecule has 31 heavy (non-hydrogen) atoms. The van der Waals surface area contributed by atoms with E-state index in [1.807, 2.05) is 37.3 Å². The molecule has 1 aromatic heterocycles. The third kappa shape index (κ3) is 3.94. The van der Waals surface area contributed by atoms with Gasteiger partial charge in [0.2, 0.25) is 11.8 Å². The van der Waals surface area contributed by atoms with Crippen LogP contribution < -0.4 is 0 Å². The largest absolute Gasteiger partial charge is 0.461 e. The number of hydrogen-bond donors (Lipinski definition) is 0. The van der Waals surface area contributed by atoms with Crippen LogP contribution >= 0.6 is 0 Å². The molecule has 0 aliphatic carbocycles. The molecule has 2 aromatic rings. The minimum absolute atomic E-state index is 0.000918.